The number of nitrogens with two attached hydrogens (primary N) is 1. The maximum atomic E-state index is 13.7. The van der Waals surface area contributed by atoms with Gasteiger partial charge in [0.1, 0.15) is 5.82 Å². The number of halogens is 1. The fraction of sp³-hybridized carbons (Fsp3) is 0.417. The molecule has 1 fully saturated rings. The topological polar surface area (TPSA) is 83.7 Å². The molecule has 8 heteroatoms. The number of aryl methyl sites for hydroxylation is 1. The number of nitrogens with zero attached hydrogens (tertiary/aromatic N) is 2. The van der Waals surface area contributed by atoms with Crippen LogP contribution >= 0.6 is 0 Å². The molecule has 0 atom stereocenters. The summed E-state index contributed by atoms with van der Waals surface area (Å²) in [5.74, 6) is -1.000. The first kappa shape index (κ1) is 14.9. The Labute approximate surface area is 117 Å². The molecule has 0 bridgehead atoms. The quantitative estimate of drug-likeness (QED) is 0.840. The maximum Gasteiger partial charge on any atom is 0.277 e. The van der Waals surface area contributed by atoms with Crippen LogP contribution in [-0.2, 0) is 10.2 Å². The number of carbonyl (C=O) groups is 1. The molecule has 0 radical (unpaired) electrons. The molecule has 1 aromatic carbocycles. The van der Waals surface area contributed by atoms with Crippen molar-refractivity contribution in [3.05, 3.63) is 35.1 Å². The summed E-state index contributed by atoms with van der Waals surface area (Å²) in [7, 11) is -3.73. The Morgan fingerprint density at radius 1 is 1.25 bits per heavy atom. The second-order valence-electron chi connectivity index (χ2n) is 4.72. The van der Waals surface area contributed by atoms with Gasteiger partial charge in [-0.2, -0.15) is 12.7 Å². The van der Waals surface area contributed by atoms with Crippen molar-refractivity contribution >= 4 is 16.1 Å². The van der Waals surface area contributed by atoms with Crippen molar-refractivity contribution in [2.24, 2.45) is 5.14 Å². The molecule has 1 aliphatic rings. The van der Waals surface area contributed by atoms with E-state index in [1.54, 1.807) is 13.0 Å². The van der Waals surface area contributed by atoms with Gasteiger partial charge in [0.05, 0.1) is 5.56 Å². The van der Waals surface area contributed by atoms with E-state index in [0.29, 0.717) is 0 Å². The van der Waals surface area contributed by atoms with E-state index in [0.717, 1.165) is 9.87 Å². The fourth-order valence-electron chi connectivity index (χ4n) is 2.11. The highest BCUT2D eigenvalue weighted by Crippen LogP contribution is 2.14. The van der Waals surface area contributed by atoms with Crippen molar-refractivity contribution in [3.63, 3.8) is 0 Å². The molecule has 1 aliphatic heterocycles. The fourth-order valence-corrected chi connectivity index (χ4v) is 2.78. The maximum absolute atomic E-state index is 13.7. The Morgan fingerprint density at radius 3 is 2.35 bits per heavy atom. The molecule has 1 aromatic rings. The normalized spacial score (nSPS) is 17.2. The average Bonchev–Trinajstić information content (AvgIpc) is 2.37. The molecule has 0 aliphatic carbocycles. The monoisotopic (exact) mass is 301 g/mol. The summed E-state index contributed by atoms with van der Waals surface area (Å²) < 4.78 is 37.2. The van der Waals surface area contributed by atoms with Gasteiger partial charge in [-0.3, -0.25) is 4.79 Å². The molecule has 20 heavy (non-hydrogen) atoms. The van der Waals surface area contributed by atoms with E-state index in [1.807, 2.05) is 0 Å². The second kappa shape index (κ2) is 5.47. The number of piperazine rings is 1. The molecule has 110 valence electrons. The zero-order valence-electron chi connectivity index (χ0n) is 11.0. The van der Waals surface area contributed by atoms with Gasteiger partial charge < -0.3 is 4.90 Å². The minimum atomic E-state index is -3.73. The van der Waals surface area contributed by atoms with E-state index in [1.165, 1.54) is 17.0 Å². The number of amides is 1. The lowest BCUT2D eigenvalue weighted by Crippen LogP contribution is -2.52. The second-order valence-corrected chi connectivity index (χ2v) is 6.27. The summed E-state index contributed by atoms with van der Waals surface area (Å²) in [6, 6.07) is 4.41. The van der Waals surface area contributed by atoms with E-state index >= 15 is 0 Å². The highest BCUT2D eigenvalue weighted by molar-refractivity contribution is 7.86. The highest BCUT2D eigenvalue weighted by Gasteiger charge is 2.27. The van der Waals surface area contributed by atoms with Crippen LogP contribution in [0.3, 0.4) is 0 Å². The third kappa shape index (κ3) is 3.14. The zero-order chi connectivity index (χ0) is 14.9. The molecule has 0 aromatic heterocycles. The van der Waals surface area contributed by atoms with Gasteiger partial charge in [-0.25, -0.2) is 9.53 Å². The van der Waals surface area contributed by atoms with E-state index in [9.17, 15) is 17.6 Å². The standard InChI is InChI=1S/C12H16FN3O3S/c1-9-2-3-10(11(13)8-9)12(17)15-4-6-16(7-5-15)20(14,18)19/h2-3,8H,4-7H2,1H3,(H2,14,18,19). The third-order valence-corrected chi connectivity index (χ3v) is 4.33. The Balaban J connectivity index is 2.09. The lowest BCUT2D eigenvalue weighted by Gasteiger charge is -2.33. The zero-order valence-corrected chi connectivity index (χ0v) is 11.9. The number of hydrogen-bond donors (Lipinski definition) is 1. The van der Waals surface area contributed by atoms with Crippen molar-refractivity contribution in [1.82, 2.24) is 9.21 Å². The molecule has 0 saturated carbocycles. The van der Waals surface area contributed by atoms with Crippen molar-refractivity contribution in [2.75, 3.05) is 26.2 Å². The van der Waals surface area contributed by atoms with Crippen LogP contribution < -0.4 is 5.14 Å². The largest absolute Gasteiger partial charge is 0.336 e. The Morgan fingerprint density at radius 2 is 1.85 bits per heavy atom. The van der Waals surface area contributed by atoms with Crippen LogP contribution in [0.2, 0.25) is 0 Å². The predicted molar refractivity (Wildman–Crippen MR) is 71.7 cm³/mol. The summed E-state index contributed by atoms with van der Waals surface area (Å²) in [6.07, 6.45) is 0. The third-order valence-electron chi connectivity index (χ3n) is 3.24. The SMILES string of the molecule is Cc1ccc(C(=O)N2CCN(S(N)(=O)=O)CC2)c(F)c1. The van der Waals surface area contributed by atoms with Crippen LogP contribution in [0.25, 0.3) is 0 Å². The Hall–Kier alpha value is -1.51. The van der Waals surface area contributed by atoms with E-state index < -0.39 is 21.9 Å². The van der Waals surface area contributed by atoms with Gasteiger partial charge in [-0.05, 0) is 24.6 Å². The predicted octanol–water partition coefficient (Wildman–Crippen LogP) is 0.0954. The Kier molecular flexibility index (Phi) is 4.07. The van der Waals surface area contributed by atoms with E-state index in [4.69, 9.17) is 5.14 Å². The molecule has 6 nitrogen and oxygen atoms in total. The van der Waals surface area contributed by atoms with Gasteiger partial charge in [0.15, 0.2) is 0 Å². The first-order valence-corrected chi connectivity index (χ1v) is 7.62. The van der Waals surface area contributed by atoms with Gasteiger partial charge in [0.2, 0.25) is 0 Å². The molecule has 1 heterocycles. The van der Waals surface area contributed by atoms with E-state index in [2.05, 4.69) is 0 Å². The summed E-state index contributed by atoms with van der Waals surface area (Å²) in [4.78, 5) is 13.6. The molecule has 1 saturated heterocycles. The summed E-state index contributed by atoms with van der Waals surface area (Å²) in [5.41, 5.74) is 0.734. The van der Waals surface area contributed by atoms with Crippen LogP contribution in [0, 0.1) is 12.7 Å². The minimum absolute atomic E-state index is 0.000319. The number of benzene rings is 1. The molecule has 0 spiro atoms. The van der Waals surface area contributed by atoms with Gasteiger partial charge in [0, 0.05) is 26.2 Å². The summed E-state index contributed by atoms with van der Waals surface area (Å²) in [6.45, 7) is 2.38. The minimum Gasteiger partial charge on any atom is -0.336 e. The molecule has 0 unspecified atom stereocenters. The van der Waals surface area contributed by atoms with Gasteiger partial charge >= 0.3 is 0 Å². The smallest absolute Gasteiger partial charge is 0.277 e. The molecule has 2 rings (SSSR count). The Bertz CT molecular complexity index is 625. The average molecular weight is 301 g/mol. The number of carbonyl (C=O) groups excluding carboxylic acids is 1. The van der Waals surface area contributed by atoms with Crippen LogP contribution in [0.1, 0.15) is 15.9 Å². The van der Waals surface area contributed by atoms with Gasteiger partial charge in [0.25, 0.3) is 16.1 Å². The first-order valence-electron chi connectivity index (χ1n) is 6.12. The first-order chi connectivity index (χ1) is 9.29. The molecule has 1 amide bonds. The van der Waals surface area contributed by atoms with Crippen molar-refractivity contribution in [3.8, 4) is 0 Å². The molecular weight excluding hydrogens is 285 g/mol. The van der Waals surface area contributed by atoms with Crippen molar-refractivity contribution < 1.29 is 17.6 Å². The van der Waals surface area contributed by atoms with Crippen molar-refractivity contribution in [2.45, 2.75) is 6.92 Å². The molecular formula is C12H16FN3O3S. The lowest BCUT2D eigenvalue weighted by atomic mass is 10.1. The highest BCUT2D eigenvalue weighted by atomic mass is 32.2. The summed E-state index contributed by atoms with van der Waals surface area (Å²) >= 11 is 0. The van der Waals surface area contributed by atoms with Gasteiger partial charge in [-0.1, -0.05) is 6.07 Å². The van der Waals surface area contributed by atoms with Crippen LogP contribution in [0.15, 0.2) is 18.2 Å². The molecule has 2 N–H and O–H groups in total. The van der Waals surface area contributed by atoms with Gasteiger partial charge in [-0.15, -0.1) is 0 Å². The summed E-state index contributed by atoms with van der Waals surface area (Å²) in [5, 5.41) is 5.02. The van der Waals surface area contributed by atoms with E-state index in [-0.39, 0.29) is 31.7 Å². The van der Waals surface area contributed by atoms with Crippen LogP contribution in [0.4, 0.5) is 4.39 Å². The van der Waals surface area contributed by atoms with Crippen LogP contribution in [0.5, 0.6) is 0 Å². The number of hydrogen-bond acceptors (Lipinski definition) is 3. The van der Waals surface area contributed by atoms with Crippen molar-refractivity contribution in [1.29, 1.82) is 0 Å². The number of rotatable bonds is 2. The lowest BCUT2D eigenvalue weighted by molar-refractivity contribution is 0.0693. The van der Waals surface area contributed by atoms with Crippen LogP contribution in [-0.4, -0.2) is 49.7 Å².